The van der Waals surface area contributed by atoms with Crippen LogP contribution < -0.4 is 5.32 Å². The molecule has 0 saturated heterocycles. The maximum atomic E-state index is 11.7. The van der Waals surface area contributed by atoms with Crippen molar-refractivity contribution in [3.8, 4) is 0 Å². The minimum absolute atomic E-state index is 0.134. The van der Waals surface area contributed by atoms with Gasteiger partial charge in [-0.2, -0.15) is 11.3 Å². The van der Waals surface area contributed by atoms with Crippen LogP contribution in [0, 0.1) is 0 Å². The fraction of sp³-hybridized carbons (Fsp3) is 0.100. The Hall–Kier alpha value is -1.73. The molecule has 0 spiro atoms. The third kappa shape index (κ3) is 3.11. The summed E-state index contributed by atoms with van der Waals surface area (Å²) in [5.41, 5.74) is 1.02. The Kier molecular flexibility index (Phi) is 3.50. The van der Waals surface area contributed by atoms with Crippen LogP contribution in [0.4, 0.5) is 5.13 Å². The van der Waals surface area contributed by atoms with Gasteiger partial charge in [0.2, 0.25) is 0 Å². The summed E-state index contributed by atoms with van der Waals surface area (Å²) in [6.45, 7) is 0. The van der Waals surface area contributed by atoms with E-state index in [9.17, 15) is 9.59 Å². The maximum Gasteiger partial charge on any atom is 0.309 e. The number of amides is 1. The number of rotatable bonds is 4. The highest BCUT2D eigenvalue weighted by Crippen LogP contribution is 2.17. The highest BCUT2D eigenvalue weighted by atomic mass is 32.1. The summed E-state index contributed by atoms with van der Waals surface area (Å²) in [6.07, 6.45) is -0.134. The lowest BCUT2D eigenvalue weighted by atomic mass is 10.3. The van der Waals surface area contributed by atoms with Crippen LogP contribution in [-0.4, -0.2) is 22.0 Å². The third-order valence-electron chi connectivity index (χ3n) is 1.89. The molecule has 2 N–H and O–H groups in total. The average Bonchev–Trinajstić information content (AvgIpc) is 2.87. The summed E-state index contributed by atoms with van der Waals surface area (Å²) in [5, 5.41) is 16.8. The molecule has 0 fully saturated rings. The zero-order valence-electron chi connectivity index (χ0n) is 8.54. The molecular weight excluding hydrogens is 260 g/mol. The van der Waals surface area contributed by atoms with E-state index in [2.05, 4.69) is 10.3 Å². The van der Waals surface area contributed by atoms with Crippen LogP contribution in [0.3, 0.4) is 0 Å². The molecule has 0 aliphatic carbocycles. The first-order valence-electron chi connectivity index (χ1n) is 4.65. The van der Waals surface area contributed by atoms with Gasteiger partial charge in [0.1, 0.15) is 0 Å². The molecule has 1 amide bonds. The highest BCUT2D eigenvalue weighted by Gasteiger charge is 2.10. The second-order valence-corrected chi connectivity index (χ2v) is 4.82. The van der Waals surface area contributed by atoms with Gasteiger partial charge in [0, 0.05) is 10.8 Å². The van der Waals surface area contributed by atoms with Crippen molar-refractivity contribution < 1.29 is 14.7 Å². The number of carbonyl (C=O) groups is 2. The number of carboxylic acids is 1. The molecule has 0 bridgehead atoms. The van der Waals surface area contributed by atoms with Crippen LogP contribution in [0.5, 0.6) is 0 Å². The molecule has 5 nitrogen and oxygen atoms in total. The molecule has 7 heteroatoms. The Morgan fingerprint density at radius 3 is 2.88 bits per heavy atom. The Labute approximate surface area is 105 Å². The minimum Gasteiger partial charge on any atom is -0.481 e. The van der Waals surface area contributed by atoms with Crippen molar-refractivity contribution in [2.75, 3.05) is 5.32 Å². The Balaban J connectivity index is 2.02. The van der Waals surface area contributed by atoms with Crippen LogP contribution in [0.15, 0.2) is 22.2 Å². The molecule has 0 atom stereocenters. The minimum atomic E-state index is -0.939. The summed E-state index contributed by atoms with van der Waals surface area (Å²) < 4.78 is 0. The first kappa shape index (κ1) is 11.7. The lowest BCUT2D eigenvalue weighted by Gasteiger charge is -1.97. The average molecular weight is 268 g/mol. The second-order valence-electron chi connectivity index (χ2n) is 3.18. The van der Waals surface area contributed by atoms with Gasteiger partial charge in [0.15, 0.2) is 5.13 Å². The molecule has 0 aliphatic heterocycles. The van der Waals surface area contributed by atoms with E-state index in [-0.39, 0.29) is 12.3 Å². The Morgan fingerprint density at radius 2 is 2.24 bits per heavy atom. The first-order valence-corrected chi connectivity index (χ1v) is 6.47. The van der Waals surface area contributed by atoms with E-state index in [0.717, 1.165) is 0 Å². The molecule has 0 aliphatic rings. The molecular formula is C10H8N2O3S2. The zero-order valence-corrected chi connectivity index (χ0v) is 10.2. The molecule has 17 heavy (non-hydrogen) atoms. The molecule has 2 aromatic rings. The molecule has 0 radical (unpaired) electrons. The van der Waals surface area contributed by atoms with E-state index in [1.807, 2.05) is 5.38 Å². The first-order chi connectivity index (χ1) is 8.15. The Bertz CT molecular complexity index is 534. The van der Waals surface area contributed by atoms with Gasteiger partial charge in [0.25, 0.3) is 5.91 Å². The summed E-state index contributed by atoms with van der Waals surface area (Å²) in [5.74, 6) is -1.17. The van der Waals surface area contributed by atoms with Gasteiger partial charge in [-0.15, -0.1) is 11.3 Å². The van der Waals surface area contributed by atoms with Crippen molar-refractivity contribution in [3.63, 3.8) is 0 Å². The predicted octanol–water partition coefficient (Wildman–Crippen LogP) is 2.08. The van der Waals surface area contributed by atoms with E-state index in [1.54, 1.807) is 16.8 Å². The number of nitrogens with zero attached hydrogens (tertiary/aromatic N) is 1. The van der Waals surface area contributed by atoms with E-state index in [1.165, 1.54) is 22.7 Å². The van der Waals surface area contributed by atoms with Crippen LogP contribution >= 0.6 is 22.7 Å². The number of nitrogens with one attached hydrogen (secondary N) is 1. The highest BCUT2D eigenvalue weighted by molar-refractivity contribution is 7.14. The van der Waals surface area contributed by atoms with Gasteiger partial charge in [-0.25, -0.2) is 4.98 Å². The number of carboxylic acid groups (broad SMARTS) is 1. The topological polar surface area (TPSA) is 79.3 Å². The zero-order chi connectivity index (χ0) is 12.3. The summed E-state index contributed by atoms with van der Waals surface area (Å²) in [6, 6.07) is 1.71. The summed E-state index contributed by atoms with van der Waals surface area (Å²) >= 11 is 2.65. The van der Waals surface area contributed by atoms with E-state index < -0.39 is 5.97 Å². The normalized spacial score (nSPS) is 10.1. The second kappa shape index (κ2) is 5.07. The Morgan fingerprint density at radius 1 is 1.41 bits per heavy atom. The van der Waals surface area contributed by atoms with Gasteiger partial charge in [-0.3, -0.25) is 14.9 Å². The lowest BCUT2D eigenvalue weighted by Crippen LogP contribution is -2.10. The summed E-state index contributed by atoms with van der Waals surface area (Å²) in [7, 11) is 0. The van der Waals surface area contributed by atoms with Crippen molar-refractivity contribution in [3.05, 3.63) is 33.5 Å². The summed E-state index contributed by atoms with van der Waals surface area (Å²) in [4.78, 5) is 26.1. The molecule has 0 unspecified atom stereocenters. The SMILES string of the molecule is O=C(O)Cc1csc(NC(=O)c2ccsc2)n1. The lowest BCUT2D eigenvalue weighted by molar-refractivity contribution is -0.136. The van der Waals surface area contributed by atoms with Crippen molar-refractivity contribution in [2.24, 2.45) is 0 Å². The van der Waals surface area contributed by atoms with Crippen molar-refractivity contribution >= 4 is 39.7 Å². The van der Waals surface area contributed by atoms with Crippen LogP contribution in [0.25, 0.3) is 0 Å². The number of hydrogen-bond acceptors (Lipinski definition) is 5. The van der Waals surface area contributed by atoms with Gasteiger partial charge in [-0.1, -0.05) is 0 Å². The van der Waals surface area contributed by atoms with E-state index in [4.69, 9.17) is 5.11 Å². The molecule has 0 aromatic carbocycles. The van der Waals surface area contributed by atoms with Crippen LogP contribution in [0.2, 0.25) is 0 Å². The quantitative estimate of drug-likeness (QED) is 0.889. The molecule has 2 aromatic heterocycles. The van der Waals surface area contributed by atoms with Gasteiger partial charge in [-0.05, 0) is 11.4 Å². The molecule has 2 heterocycles. The van der Waals surface area contributed by atoms with Crippen molar-refractivity contribution in [1.29, 1.82) is 0 Å². The fourth-order valence-corrected chi connectivity index (χ4v) is 2.50. The number of carbonyl (C=O) groups excluding carboxylic acids is 1. The molecule has 0 saturated carbocycles. The van der Waals surface area contributed by atoms with E-state index >= 15 is 0 Å². The third-order valence-corrected chi connectivity index (χ3v) is 3.38. The van der Waals surface area contributed by atoms with Gasteiger partial charge >= 0.3 is 5.97 Å². The van der Waals surface area contributed by atoms with Gasteiger partial charge < -0.3 is 5.11 Å². The van der Waals surface area contributed by atoms with Crippen LogP contribution in [-0.2, 0) is 11.2 Å². The number of hydrogen-bond donors (Lipinski definition) is 2. The number of anilines is 1. The maximum absolute atomic E-state index is 11.7. The van der Waals surface area contributed by atoms with Crippen molar-refractivity contribution in [2.45, 2.75) is 6.42 Å². The fourth-order valence-electron chi connectivity index (χ4n) is 1.16. The standard InChI is InChI=1S/C10H8N2O3S2/c13-8(14)3-7-5-17-10(11-7)12-9(15)6-1-2-16-4-6/h1-2,4-5H,3H2,(H,13,14)(H,11,12,15). The van der Waals surface area contributed by atoms with Crippen molar-refractivity contribution in [1.82, 2.24) is 4.98 Å². The smallest absolute Gasteiger partial charge is 0.309 e. The largest absolute Gasteiger partial charge is 0.481 e. The predicted molar refractivity (Wildman–Crippen MR) is 65.7 cm³/mol. The van der Waals surface area contributed by atoms with Crippen LogP contribution in [0.1, 0.15) is 16.1 Å². The number of thiophene rings is 1. The number of aliphatic carboxylic acids is 1. The number of thiazole rings is 1. The van der Waals surface area contributed by atoms with Gasteiger partial charge in [0.05, 0.1) is 17.7 Å². The van der Waals surface area contributed by atoms with E-state index in [0.29, 0.717) is 16.4 Å². The monoisotopic (exact) mass is 268 g/mol. The molecule has 2 rings (SSSR count). The molecule has 88 valence electrons. The number of aromatic nitrogens is 1.